The molecule has 106 valence electrons. The first-order chi connectivity index (χ1) is 9.63. The molecule has 0 amide bonds. The average Bonchev–Trinajstić information content (AvgIpc) is 3.03. The number of likely N-dealkylation sites (tertiary alicyclic amines) is 1. The Kier molecular flexibility index (Phi) is 3.62. The Balaban J connectivity index is 1.78. The molecule has 2 nitrogen and oxygen atoms in total. The van der Waals surface area contributed by atoms with Crippen LogP contribution in [0.1, 0.15) is 24.7 Å². The van der Waals surface area contributed by atoms with Gasteiger partial charge in [0.15, 0.2) is 0 Å². The molecule has 2 aromatic rings. The summed E-state index contributed by atoms with van der Waals surface area (Å²) in [5, 5.41) is 0. The second kappa shape index (κ2) is 5.41. The Morgan fingerprint density at radius 1 is 1.30 bits per heavy atom. The summed E-state index contributed by atoms with van der Waals surface area (Å²) in [4.78, 5) is 2.41. The smallest absolute Gasteiger partial charge is 0.134 e. The number of benzene rings is 1. The van der Waals surface area contributed by atoms with Gasteiger partial charge in [0.2, 0.25) is 0 Å². The predicted octanol–water partition coefficient (Wildman–Crippen LogP) is 4.24. The van der Waals surface area contributed by atoms with Crippen LogP contribution in [0.3, 0.4) is 0 Å². The number of furan rings is 1. The lowest BCUT2D eigenvalue weighted by Crippen LogP contribution is -2.19. The van der Waals surface area contributed by atoms with Crippen LogP contribution in [0.2, 0.25) is 0 Å². The van der Waals surface area contributed by atoms with Crippen LogP contribution in [0.4, 0.5) is 4.39 Å². The van der Waals surface area contributed by atoms with E-state index >= 15 is 0 Å². The van der Waals surface area contributed by atoms with E-state index in [4.69, 9.17) is 4.42 Å². The minimum absolute atomic E-state index is 0.186. The highest BCUT2D eigenvalue weighted by Crippen LogP contribution is 2.28. The lowest BCUT2D eigenvalue weighted by molar-refractivity contribution is 0.291. The Morgan fingerprint density at radius 3 is 2.90 bits per heavy atom. The number of hydrogen-bond donors (Lipinski definition) is 0. The molecule has 1 fully saturated rings. The van der Waals surface area contributed by atoms with Crippen LogP contribution >= 0.6 is 0 Å². The van der Waals surface area contributed by atoms with Gasteiger partial charge in [-0.25, -0.2) is 4.39 Å². The van der Waals surface area contributed by atoms with Gasteiger partial charge in [-0.05, 0) is 49.6 Å². The summed E-state index contributed by atoms with van der Waals surface area (Å²) in [6.07, 6.45) is 1.26. The van der Waals surface area contributed by atoms with Gasteiger partial charge in [-0.1, -0.05) is 19.1 Å². The van der Waals surface area contributed by atoms with Crippen LogP contribution in [-0.2, 0) is 6.54 Å². The molecule has 1 saturated heterocycles. The molecule has 0 N–H and O–H groups in total. The summed E-state index contributed by atoms with van der Waals surface area (Å²) in [5.74, 6) is 2.30. The van der Waals surface area contributed by atoms with Gasteiger partial charge >= 0.3 is 0 Å². The normalized spacial score (nSPS) is 19.6. The van der Waals surface area contributed by atoms with Crippen molar-refractivity contribution in [2.24, 2.45) is 5.92 Å². The molecule has 1 aromatic carbocycles. The van der Waals surface area contributed by atoms with E-state index in [9.17, 15) is 4.39 Å². The Bertz CT molecular complexity index is 605. The highest BCUT2D eigenvalue weighted by Gasteiger charge is 2.20. The van der Waals surface area contributed by atoms with Gasteiger partial charge < -0.3 is 4.42 Å². The fourth-order valence-electron chi connectivity index (χ4n) is 2.87. The summed E-state index contributed by atoms with van der Waals surface area (Å²) in [6.45, 7) is 7.18. The summed E-state index contributed by atoms with van der Waals surface area (Å²) in [7, 11) is 0. The van der Waals surface area contributed by atoms with Crippen molar-refractivity contribution in [2.75, 3.05) is 13.1 Å². The van der Waals surface area contributed by atoms with E-state index in [1.54, 1.807) is 13.0 Å². The Hall–Kier alpha value is -1.61. The third-order valence-corrected chi connectivity index (χ3v) is 4.08. The van der Waals surface area contributed by atoms with Crippen molar-refractivity contribution in [3.8, 4) is 11.3 Å². The molecular weight excluding hydrogens is 253 g/mol. The van der Waals surface area contributed by atoms with Crippen molar-refractivity contribution in [1.29, 1.82) is 0 Å². The molecule has 0 bridgehead atoms. The first-order valence-corrected chi connectivity index (χ1v) is 7.20. The molecule has 2 heterocycles. The summed E-state index contributed by atoms with van der Waals surface area (Å²) < 4.78 is 19.5. The van der Waals surface area contributed by atoms with Crippen molar-refractivity contribution in [1.82, 2.24) is 4.90 Å². The lowest BCUT2D eigenvalue weighted by Gasteiger charge is -2.12. The quantitative estimate of drug-likeness (QED) is 0.831. The van der Waals surface area contributed by atoms with Gasteiger partial charge in [0.25, 0.3) is 0 Å². The standard InChI is InChI=1S/C17H20FNO/c1-12-8-9-19(10-12)11-14-6-7-17(20-14)15-4-3-5-16(18)13(15)2/h3-7,12H,8-11H2,1-2H3. The molecule has 1 unspecified atom stereocenters. The van der Waals surface area contributed by atoms with Gasteiger partial charge in [0.1, 0.15) is 17.3 Å². The zero-order valence-electron chi connectivity index (χ0n) is 12.0. The Labute approximate surface area is 119 Å². The van der Waals surface area contributed by atoms with Crippen LogP contribution in [0.5, 0.6) is 0 Å². The summed E-state index contributed by atoms with van der Waals surface area (Å²) in [6, 6.07) is 9.05. The van der Waals surface area contributed by atoms with Crippen LogP contribution in [-0.4, -0.2) is 18.0 Å². The SMILES string of the molecule is Cc1c(F)cccc1-c1ccc(CN2CCC(C)C2)o1. The summed E-state index contributed by atoms with van der Waals surface area (Å²) in [5.41, 5.74) is 1.48. The minimum atomic E-state index is -0.186. The average molecular weight is 273 g/mol. The van der Waals surface area contributed by atoms with E-state index in [0.29, 0.717) is 5.56 Å². The molecule has 3 heteroatoms. The molecule has 0 radical (unpaired) electrons. The molecule has 3 rings (SSSR count). The first-order valence-electron chi connectivity index (χ1n) is 7.20. The van der Waals surface area contributed by atoms with Gasteiger partial charge in [-0.3, -0.25) is 4.90 Å². The molecule has 0 spiro atoms. The predicted molar refractivity (Wildman–Crippen MR) is 77.9 cm³/mol. The second-order valence-electron chi connectivity index (χ2n) is 5.81. The molecule has 1 aliphatic rings. The van der Waals surface area contributed by atoms with Crippen molar-refractivity contribution < 1.29 is 8.81 Å². The molecule has 1 aliphatic heterocycles. The molecule has 20 heavy (non-hydrogen) atoms. The number of rotatable bonds is 3. The van der Waals surface area contributed by atoms with E-state index in [0.717, 1.165) is 42.6 Å². The Morgan fingerprint density at radius 2 is 2.15 bits per heavy atom. The van der Waals surface area contributed by atoms with Crippen LogP contribution < -0.4 is 0 Å². The fourth-order valence-corrected chi connectivity index (χ4v) is 2.87. The topological polar surface area (TPSA) is 16.4 Å². The van der Waals surface area contributed by atoms with E-state index in [1.165, 1.54) is 12.5 Å². The number of nitrogens with zero attached hydrogens (tertiary/aromatic N) is 1. The molecule has 0 saturated carbocycles. The zero-order valence-corrected chi connectivity index (χ0v) is 12.0. The number of hydrogen-bond acceptors (Lipinski definition) is 2. The maximum absolute atomic E-state index is 13.6. The highest BCUT2D eigenvalue weighted by atomic mass is 19.1. The maximum Gasteiger partial charge on any atom is 0.134 e. The van der Waals surface area contributed by atoms with E-state index < -0.39 is 0 Å². The highest BCUT2D eigenvalue weighted by molar-refractivity contribution is 5.62. The summed E-state index contributed by atoms with van der Waals surface area (Å²) >= 11 is 0. The minimum Gasteiger partial charge on any atom is -0.460 e. The van der Waals surface area contributed by atoms with Crippen molar-refractivity contribution in [2.45, 2.75) is 26.8 Å². The van der Waals surface area contributed by atoms with Crippen molar-refractivity contribution in [3.05, 3.63) is 47.5 Å². The van der Waals surface area contributed by atoms with Crippen molar-refractivity contribution >= 4 is 0 Å². The van der Waals surface area contributed by atoms with Gasteiger partial charge in [0, 0.05) is 12.1 Å². The van der Waals surface area contributed by atoms with Gasteiger partial charge in [0.05, 0.1) is 6.54 Å². The van der Waals surface area contributed by atoms with Crippen LogP contribution in [0.25, 0.3) is 11.3 Å². The van der Waals surface area contributed by atoms with Crippen LogP contribution in [0.15, 0.2) is 34.7 Å². The van der Waals surface area contributed by atoms with Gasteiger partial charge in [-0.2, -0.15) is 0 Å². The van der Waals surface area contributed by atoms with E-state index in [1.807, 2.05) is 18.2 Å². The van der Waals surface area contributed by atoms with Crippen LogP contribution in [0, 0.1) is 18.7 Å². The largest absolute Gasteiger partial charge is 0.460 e. The molecule has 1 aromatic heterocycles. The third kappa shape index (κ3) is 2.63. The lowest BCUT2D eigenvalue weighted by atomic mass is 10.1. The van der Waals surface area contributed by atoms with E-state index in [2.05, 4.69) is 11.8 Å². The first kappa shape index (κ1) is 13.4. The second-order valence-corrected chi connectivity index (χ2v) is 5.81. The van der Waals surface area contributed by atoms with Gasteiger partial charge in [-0.15, -0.1) is 0 Å². The van der Waals surface area contributed by atoms with Crippen molar-refractivity contribution in [3.63, 3.8) is 0 Å². The molecule has 0 aliphatic carbocycles. The maximum atomic E-state index is 13.6. The monoisotopic (exact) mass is 273 g/mol. The third-order valence-electron chi connectivity index (χ3n) is 4.08. The number of halogens is 1. The fraction of sp³-hybridized carbons (Fsp3) is 0.412. The molecular formula is C17H20FNO. The molecule has 1 atom stereocenters. The zero-order chi connectivity index (χ0) is 14.1. The van der Waals surface area contributed by atoms with E-state index in [-0.39, 0.29) is 5.82 Å².